The van der Waals surface area contributed by atoms with Crippen molar-refractivity contribution in [2.24, 2.45) is 0 Å². The van der Waals surface area contributed by atoms with Crippen LogP contribution in [-0.4, -0.2) is 25.2 Å². The molecule has 31 heavy (non-hydrogen) atoms. The van der Waals surface area contributed by atoms with E-state index in [1.54, 1.807) is 13.1 Å². The molecule has 1 N–H and O–H groups in total. The highest BCUT2D eigenvalue weighted by Crippen LogP contribution is 2.41. The summed E-state index contributed by atoms with van der Waals surface area (Å²) in [5, 5.41) is 7.37. The van der Waals surface area contributed by atoms with Crippen molar-refractivity contribution in [2.45, 2.75) is 58.2 Å². The number of nitrogens with one attached hydrogen (secondary N) is 1. The molecule has 1 amide bonds. The molecule has 0 bridgehead atoms. The van der Waals surface area contributed by atoms with E-state index in [0.29, 0.717) is 5.69 Å². The molecule has 2 aromatic heterocycles. The molecule has 3 aromatic rings. The Kier molecular flexibility index (Phi) is 5.36. The fourth-order valence-electron chi connectivity index (χ4n) is 3.80. The van der Waals surface area contributed by atoms with Crippen LogP contribution in [0.1, 0.15) is 60.9 Å². The van der Waals surface area contributed by atoms with Crippen molar-refractivity contribution in [1.29, 1.82) is 0 Å². The second-order valence-electron chi connectivity index (χ2n) is 8.06. The number of halogens is 3. The number of benzene rings is 1. The lowest BCUT2D eigenvalue weighted by Crippen LogP contribution is -2.25. The fraction of sp³-hybridized carbons (Fsp3) is 0.409. The molecule has 0 aliphatic heterocycles. The van der Waals surface area contributed by atoms with Gasteiger partial charge in [-0.2, -0.15) is 18.3 Å². The van der Waals surface area contributed by atoms with Crippen LogP contribution in [0.4, 0.5) is 18.9 Å². The number of alkyl halides is 3. The number of nitrogens with zero attached hydrogens (tertiary/aromatic N) is 4. The molecule has 164 valence electrons. The van der Waals surface area contributed by atoms with Crippen molar-refractivity contribution >= 4 is 11.6 Å². The summed E-state index contributed by atoms with van der Waals surface area (Å²) < 4.78 is 42.0. The average Bonchev–Trinajstić information content (AvgIpc) is 3.25. The topological polar surface area (TPSA) is 64.7 Å². The number of anilines is 1. The van der Waals surface area contributed by atoms with Crippen molar-refractivity contribution in [2.75, 3.05) is 5.32 Å². The Balaban J connectivity index is 1.61. The number of rotatable bonds is 5. The molecule has 0 spiro atoms. The van der Waals surface area contributed by atoms with Gasteiger partial charge >= 0.3 is 6.18 Å². The van der Waals surface area contributed by atoms with Crippen LogP contribution < -0.4 is 5.32 Å². The van der Waals surface area contributed by atoms with Gasteiger partial charge in [-0.25, -0.2) is 9.67 Å². The average molecular weight is 431 g/mol. The number of hydrogen-bond donors (Lipinski definition) is 1. The van der Waals surface area contributed by atoms with Gasteiger partial charge in [0.2, 0.25) is 5.91 Å². The van der Waals surface area contributed by atoms with E-state index in [1.165, 1.54) is 11.5 Å². The summed E-state index contributed by atoms with van der Waals surface area (Å²) in [4.78, 5) is 16.5. The smallest absolute Gasteiger partial charge is 0.322 e. The summed E-state index contributed by atoms with van der Waals surface area (Å²) in [6.07, 6.45) is 1.06. The second kappa shape index (κ2) is 7.86. The van der Waals surface area contributed by atoms with Gasteiger partial charge in [-0.3, -0.25) is 4.79 Å². The summed E-state index contributed by atoms with van der Waals surface area (Å²) in [7, 11) is 0. The first-order valence-corrected chi connectivity index (χ1v) is 10.2. The third-order valence-electron chi connectivity index (χ3n) is 5.84. The minimum absolute atomic E-state index is 0.129. The Labute approximate surface area is 178 Å². The van der Waals surface area contributed by atoms with E-state index < -0.39 is 23.8 Å². The first-order valence-electron chi connectivity index (χ1n) is 10.2. The van der Waals surface area contributed by atoms with Crippen LogP contribution in [0.2, 0.25) is 0 Å². The molecule has 1 atom stereocenters. The van der Waals surface area contributed by atoms with Crippen LogP contribution in [-0.2, 0) is 11.0 Å². The number of aromatic nitrogens is 4. The normalized spacial score (nSPS) is 15.5. The maximum absolute atomic E-state index is 13.0. The van der Waals surface area contributed by atoms with Gasteiger partial charge in [0.15, 0.2) is 5.69 Å². The molecule has 1 fully saturated rings. The zero-order valence-electron chi connectivity index (χ0n) is 17.6. The fourth-order valence-corrected chi connectivity index (χ4v) is 3.80. The lowest BCUT2D eigenvalue weighted by molar-refractivity contribution is -0.141. The predicted octanol–water partition coefficient (Wildman–Crippen LogP) is 5.17. The minimum atomic E-state index is -4.56. The summed E-state index contributed by atoms with van der Waals surface area (Å²) >= 11 is 0. The van der Waals surface area contributed by atoms with Gasteiger partial charge in [0.05, 0.1) is 23.3 Å². The molecule has 4 rings (SSSR count). The van der Waals surface area contributed by atoms with Crippen molar-refractivity contribution in [3.05, 3.63) is 59.4 Å². The number of carbonyl (C=O) groups is 1. The van der Waals surface area contributed by atoms with Crippen LogP contribution in [0.3, 0.4) is 0 Å². The zero-order valence-corrected chi connectivity index (χ0v) is 17.6. The third-order valence-corrected chi connectivity index (χ3v) is 5.84. The van der Waals surface area contributed by atoms with Gasteiger partial charge in [0, 0.05) is 12.1 Å². The zero-order chi connectivity index (χ0) is 22.3. The number of amides is 1. The molecule has 6 nitrogen and oxygen atoms in total. The van der Waals surface area contributed by atoms with Crippen molar-refractivity contribution in [3.8, 4) is 5.69 Å². The number of aryl methyl sites for hydroxylation is 2. The maximum atomic E-state index is 13.0. The SMILES string of the molecule is Cc1ccc(-n2ncc(NC(=O)[C@H](C)n3cc(C(F)(F)F)nc3C)c2C2CCC2)cc1. The number of imidazole rings is 1. The molecule has 1 aliphatic carbocycles. The van der Waals surface area contributed by atoms with Crippen LogP contribution >= 0.6 is 0 Å². The number of carbonyl (C=O) groups excluding carboxylic acids is 1. The Hall–Kier alpha value is -3.10. The van der Waals surface area contributed by atoms with Gasteiger partial charge in [-0.05, 0) is 45.7 Å². The Morgan fingerprint density at radius 1 is 1.19 bits per heavy atom. The monoisotopic (exact) mass is 431 g/mol. The molecule has 1 aliphatic rings. The summed E-state index contributed by atoms with van der Waals surface area (Å²) in [6.45, 7) is 5.01. The largest absolute Gasteiger partial charge is 0.434 e. The highest BCUT2D eigenvalue weighted by Gasteiger charge is 2.35. The third kappa shape index (κ3) is 4.08. The molecule has 1 aromatic carbocycles. The first-order chi connectivity index (χ1) is 14.6. The minimum Gasteiger partial charge on any atom is -0.322 e. The Morgan fingerprint density at radius 3 is 2.42 bits per heavy atom. The van der Waals surface area contributed by atoms with Gasteiger partial charge in [-0.1, -0.05) is 24.1 Å². The van der Waals surface area contributed by atoms with E-state index in [9.17, 15) is 18.0 Å². The summed E-state index contributed by atoms with van der Waals surface area (Å²) in [6, 6.07) is 7.10. The lowest BCUT2D eigenvalue weighted by atomic mass is 9.82. The molecule has 0 radical (unpaired) electrons. The molecule has 0 unspecified atom stereocenters. The van der Waals surface area contributed by atoms with Crippen LogP contribution in [0.5, 0.6) is 0 Å². The van der Waals surface area contributed by atoms with E-state index in [2.05, 4.69) is 15.4 Å². The van der Waals surface area contributed by atoms with E-state index in [4.69, 9.17) is 0 Å². The van der Waals surface area contributed by atoms with Gasteiger partial charge in [-0.15, -0.1) is 0 Å². The molecular weight excluding hydrogens is 407 g/mol. The van der Waals surface area contributed by atoms with Gasteiger partial charge in [0.1, 0.15) is 11.9 Å². The van der Waals surface area contributed by atoms with E-state index in [0.717, 1.165) is 42.4 Å². The van der Waals surface area contributed by atoms with E-state index >= 15 is 0 Å². The van der Waals surface area contributed by atoms with Crippen LogP contribution in [0.25, 0.3) is 5.69 Å². The molecule has 1 saturated carbocycles. The molecule has 9 heteroatoms. The molecule has 0 saturated heterocycles. The summed E-state index contributed by atoms with van der Waals surface area (Å²) in [5.41, 5.74) is 2.55. The summed E-state index contributed by atoms with van der Waals surface area (Å²) in [5.74, 6) is -0.0102. The second-order valence-corrected chi connectivity index (χ2v) is 8.06. The maximum Gasteiger partial charge on any atom is 0.434 e. The standard InChI is InChI=1S/C22H24F3N5O/c1-13-7-9-17(10-8-13)30-20(16-5-4-6-16)18(11-26-30)28-21(31)14(2)29-12-19(22(23,24)25)27-15(29)3/h7-12,14,16H,4-6H2,1-3H3,(H,28,31)/t14-/m0/s1. The Bertz CT molecular complexity index is 1090. The highest BCUT2D eigenvalue weighted by atomic mass is 19.4. The lowest BCUT2D eigenvalue weighted by Gasteiger charge is -2.27. The molecule has 2 heterocycles. The van der Waals surface area contributed by atoms with Gasteiger partial charge in [0.25, 0.3) is 0 Å². The van der Waals surface area contributed by atoms with Gasteiger partial charge < -0.3 is 9.88 Å². The van der Waals surface area contributed by atoms with Crippen molar-refractivity contribution in [1.82, 2.24) is 19.3 Å². The van der Waals surface area contributed by atoms with E-state index in [1.807, 2.05) is 35.9 Å². The van der Waals surface area contributed by atoms with Crippen molar-refractivity contribution in [3.63, 3.8) is 0 Å². The van der Waals surface area contributed by atoms with Crippen LogP contribution in [0, 0.1) is 13.8 Å². The highest BCUT2D eigenvalue weighted by molar-refractivity contribution is 5.94. The van der Waals surface area contributed by atoms with Crippen molar-refractivity contribution < 1.29 is 18.0 Å². The Morgan fingerprint density at radius 2 is 1.87 bits per heavy atom. The quantitative estimate of drug-likeness (QED) is 0.606. The molecular formula is C22H24F3N5O. The van der Waals surface area contributed by atoms with E-state index in [-0.39, 0.29) is 11.7 Å². The predicted molar refractivity (Wildman–Crippen MR) is 110 cm³/mol. The first kappa shape index (κ1) is 21.1. The number of hydrogen-bond acceptors (Lipinski definition) is 3. The van der Waals surface area contributed by atoms with Crippen LogP contribution in [0.15, 0.2) is 36.7 Å².